The molecular formula is C13H16ClN3O2S. The number of rotatable bonds is 3. The van der Waals surface area contributed by atoms with Crippen LogP contribution in [0.5, 0.6) is 0 Å². The molecule has 1 unspecified atom stereocenters. The van der Waals surface area contributed by atoms with Gasteiger partial charge in [-0.25, -0.2) is 8.42 Å². The van der Waals surface area contributed by atoms with E-state index >= 15 is 0 Å². The number of halogens is 1. The molecule has 0 bridgehead atoms. The van der Waals surface area contributed by atoms with E-state index in [2.05, 4.69) is 5.32 Å². The van der Waals surface area contributed by atoms with Crippen molar-refractivity contribution in [2.24, 2.45) is 0 Å². The first kappa shape index (κ1) is 15.3. The molecule has 0 saturated carbocycles. The van der Waals surface area contributed by atoms with Gasteiger partial charge in [-0.05, 0) is 38.1 Å². The molecule has 20 heavy (non-hydrogen) atoms. The average Bonchev–Trinajstić information content (AvgIpc) is 2.47. The van der Waals surface area contributed by atoms with Crippen molar-refractivity contribution >= 4 is 21.6 Å². The van der Waals surface area contributed by atoms with E-state index in [-0.39, 0.29) is 21.5 Å². The lowest BCUT2D eigenvalue weighted by atomic mass is 10.1. The maximum atomic E-state index is 12.6. The largest absolute Gasteiger partial charge is 0.316 e. The van der Waals surface area contributed by atoms with E-state index in [0.29, 0.717) is 13.1 Å². The van der Waals surface area contributed by atoms with Crippen LogP contribution in [0.4, 0.5) is 0 Å². The summed E-state index contributed by atoms with van der Waals surface area (Å²) in [5.41, 5.74) is 0.287. The fourth-order valence-electron chi connectivity index (χ4n) is 2.31. The minimum absolute atomic E-state index is 0.00923. The van der Waals surface area contributed by atoms with E-state index in [1.165, 1.54) is 22.5 Å². The predicted octanol–water partition coefficient (Wildman–Crippen LogP) is 1.58. The van der Waals surface area contributed by atoms with Gasteiger partial charge in [-0.15, -0.1) is 0 Å². The highest BCUT2D eigenvalue weighted by Gasteiger charge is 2.31. The molecule has 1 aromatic carbocycles. The van der Waals surface area contributed by atoms with E-state index < -0.39 is 10.0 Å². The summed E-state index contributed by atoms with van der Waals surface area (Å²) in [7, 11) is -1.83. The van der Waals surface area contributed by atoms with Crippen LogP contribution in [0, 0.1) is 11.3 Å². The van der Waals surface area contributed by atoms with E-state index in [4.69, 9.17) is 16.9 Å². The lowest BCUT2D eigenvalue weighted by molar-refractivity contribution is 0.293. The Hall–Kier alpha value is -1.13. The topological polar surface area (TPSA) is 73.2 Å². The van der Waals surface area contributed by atoms with E-state index in [1.54, 1.807) is 0 Å². The molecular weight excluding hydrogens is 298 g/mol. The molecule has 0 aliphatic carbocycles. The molecule has 108 valence electrons. The van der Waals surface area contributed by atoms with Crippen molar-refractivity contribution in [2.75, 3.05) is 20.1 Å². The third-order valence-electron chi connectivity index (χ3n) is 3.47. The second kappa shape index (κ2) is 6.10. The molecule has 0 aromatic heterocycles. The molecule has 1 atom stereocenters. The summed E-state index contributed by atoms with van der Waals surface area (Å²) >= 11 is 6.00. The van der Waals surface area contributed by atoms with Crippen molar-refractivity contribution in [1.82, 2.24) is 9.62 Å². The molecule has 5 nitrogen and oxygen atoms in total. The quantitative estimate of drug-likeness (QED) is 0.919. The van der Waals surface area contributed by atoms with Crippen LogP contribution < -0.4 is 5.32 Å². The highest BCUT2D eigenvalue weighted by molar-refractivity contribution is 7.89. The van der Waals surface area contributed by atoms with Gasteiger partial charge >= 0.3 is 0 Å². The smallest absolute Gasteiger partial charge is 0.244 e. The van der Waals surface area contributed by atoms with Gasteiger partial charge in [-0.1, -0.05) is 11.6 Å². The average molecular weight is 314 g/mol. The van der Waals surface area contributed by atoms with Crippen LogP contribution in [0.2, 0.25) is 5.02 Å². The predicted molar refractivity (Wildman–Crippen MR) is 77.0 cm³/mol. The molecule has 1 N–H and O–H groups in total. The zero-order valence-electron chi connectivity index (χ0n) is 11.1. The maximum Gasteiger partial charge on any atom is 0.244 e. The zero-order valence-corrected chi connectivity index (χ0v) is 12.7. The van der Waals surface area contributed by atoms with Crippen LogP contribution in [0.1, 0.15) is 18.4 Å². The molecule has 1 heterocycles. The normalized spacial score (nSPS) is 20.6. The zero-order chi connectivity index (χ0) is 14.8. The monoisotopic (exact) mass is 313 g/mol. The minimum Gasteiger partial charge on any atom is -0.316 e. The summed E-state index contributed by atoms with van der Waals surface area (Å²) in [6, 6.07) is 6.38. The van der Waals surface area contributed by atoms with Crippen molar-refractivity contribution in [3.63, 3.8) is 0 Å². The van der Waals surface area contributed by atoms with Crippen molar-refractivity contribution in [1.29, 1.82) is 5.26 Å². The van der Waals surface area contributed by atoms with Gasteiger partial charge < -0.3 is 5.32 Å². The van der Waals surface area contributed by atoms with Crippen LogP contribution in [0.15, 0.2) is 23.1 Å². The summed E-state index contributed by atoms with van der Waals surface area (Å²) in [6.07, 6.45) is 1.76. The first-order valence-corrected chi connectivity index (χ1v) is 8.18. The number of hydrogen-bond acceptors (Lipinski definition) is 4. The number of nitrogens with zero attached hydrogens (tertiary/aromatic N) is 2. The van der Waals surface area contributed by atoms with Crippen LogP contribution in [-0.4, -0.2) is 38.9 Å². The second-order valence-corrected chi connectivity index (χ2v) is 7.06. The van der Waals surface area contributed by atoms with Gasteiger partial charge in [0.25, 0.3) is 0 Å². The SMILES string of the molecule is CNC1CCCN(S(=O)(=O)c2cc(C#N)ccc2Cl)C1. The lowest BCUT2D eigenvalue weighted by Gasteiger charge is -2.31. The Morgan fingerprint density at radius 2 is 2.25 bits per heavy atom. The number of hydrogen-bond donors (Lipinski definition) is 1. The molecule has 2 rings (SSSR count). The Kier molecular flexibility index (Phi) is 4.66. The van der Waals surface area contributed by atoms with Gasteiger partial charge in [0.15, 0.2) is 0 Å². The summed E-state index contributed by atoms with van der Waals surface area (Å²) in [6.45, 7) is 0.902. The first-order valence-electron chi connectivity index (χ1n) is 6.36. The molecule has 1 saturated heterocycles. The summed E-state index contributed by atoms with van der Waals surface area (Å²) in [5, 5.41) is 12.1. The maximum absolute atomic E-state index is 12.6. The standard InChI is InChI=1S/C13H16ClN3O2S/c1-16-11-3-2-6-17(9-11)20(18,19)13-7-10(8-15)4-5-12(13)14/h4-5,7,11,16H,2-3,6,9H2,1H3. The van der Waals surface area contributed by atoms with Crippen LogP contribution in [0.25, 0.3) is 0 Å². The number of nitriles is 1. The highest BCUT2D eigenvalue weighted by Crippen LogP contribution is 2.27. The minimum atomic E-state index is -3.66. The Balaban J connectivity index is 2.37. The van der Waals surface area contributed by atoms with Gasteiger partial charge in [0, 0.05) is 19.1 Å². The Morgan fingerprint density at radius 1 is 1.50 bits per heavy atom. The summed E-state index contributed by atoms with van der Waals surface area (Å²) in [4.78, 5) is 0.00923. The number of nitrogens with one attached hydrogen (secondary N) is 1. The Bertz CT molecular complexity index is 640. The van der Waals surface area contributed by atoms with Gasteiger partial charge in [-0.3, -0.25) is 0 Å². The Morgan fingerprint density at radius 3 is 2.90 bits per heavy atom. The van der Waals surface area contributed by atoms with Gasteiger partial charge in [0.2, 0.25) is 10.0 Å². The molecule has 0 radical (unpaired) electrons. The molecule has 1 aliphatic rings. The van der Waals surface area contributed by atoms with E-state index in [0.717, 1.165) is 12.8 Å². The number of benzene rings is 1. The van der Waals surface area contributed by atoms with Crippen LogP contribution in [0.3, 0.4) is 0 Å². The fourth-order valence-corrected chi connectivity index (χ4v) is 4.33. The number of sulfonamides is 1. The molecule has 1 fully saturated rings. The molecule has 1 aliphatic heterocycles. The van der Waals surface area contributed by atoms with Gasteiger partial charge in [-0.2, -0.15) is 9.57 Å². The van der Waals surface area contributed by atoms with Crippen molar-refractivity contribution in [2.45, 2.75) is 23.8 Å². The highest BCUT2D eigenvalue weighted by atomic mass is 35.5. The Labute approximate surface area is 124 Å². The van der Waals surface area contributed by atoms with Crippen molar-refractivity contribution in [3.8, 4) is 6.07 Å². The van der Waals surface area contributed by atoms with Crippen molar-refractivity contribution in [3.05, 3.63) is 28.8 Å². The third-order valence-corrected chi connectivity index (χ3v) is 5.82. The lowest BCUT2D eigenvalue weighted by Crippen LogP contribution is -2.46. The van der Waals surface area contributed by atoms with Crippen LogP contribution >= 0.6 is 11.6 Å². The van der Waals surface area contributed by atoms with E-state index in [1.807, 2.05) is 13.1 Å². The van der Waals surface area contributed by atoms with Crippen LogP contribution in [-0.2, 0) is 10.0 Å². The molecule has 7 heteroatoms. The van der Waals surface area contributed by atoms with Gasteiger partial charge in [0.1, 0.15) is 4.90 Å². The molecule has 1 aromatic rings. The molecule has 0 spiro atoms. The van der Waals surface area contributed by atoms with E-state index in [9.17, 15) is 8.42 Å². The second-order valence-electron chi connectivity index (χ2n) is 4.75. The third kappa shape index (κ3) is 2.96. The summed E-state index contributed by atoms with van der Waals surface area (Å²) in [5.74, 6) is 0. The first-order chi connectivity index (χ1) is 9.48. The molecule has 0 amide bonds. The fraction of sp³-hybridized carbons (Fsp3) is 0.462. The number of piperidine rings is 1. The van der Waals surface area contributed by atoms with Gasteiger partial charge in [0.05, 0.1) is 16.7 Å². The van der Waals surface area contributed by atoms with Crippen molar-refractivity contribution < 1.29 is 8.42 Å². The number of likely N-dealkylation sites (N-methyl/N-ethyl adjacent to an activating group) is 1. The summed E-state index contributed by atoms with van der Waals surface area (Å²) < 4.78 is 26.7.